The highest BCUT2D eigenvalue weighted by atomic mass is 32.2. The maximum atomic E-state index is 12.0. The van der Waals surface area contributed by atoms with Gasteiger partial charge in [0.15, 0.2) is 12.6 Å². The largest absolute Gasteiger partial charge is 0.348 e. The molecule has 0 bridgehead atoms. The van der Waals surface area contributed by atoms with Gasteiger partial charge in [-0.2, -0.15) is 8.42 Å². The van der Waals surface area contributed by atoms with Gasteiger partial charge in [-0.05, 0) is 25.0 Å². The van der Waals surface area contributed by atoms with E-state index in [2.05, 4.69) is 0 Å². The van der Waals surface area contributed by atoms with Crippen LogP contribution < -0.4 is 0 Å². The Balaban J connectivity index is 1.78. The summed E-state index contributed by atoms with van der Waals surface area (Å²) in [7, 11) is -3.73. The Labute approximate surface area is 143 Å². The Morgan fingerprint density at radius 1 is 0.833 bits per heavy atom. The topological polar surface area (TPSA) is 61.8 Å². The van der Waals surface area contributed by atoms with Crippen molar-refractivity contribution in [1.82, 2.24) is 0 Å². The lowest BCUT2D eigenvalue weighted by molar-refractivity contribution is -0.207. The molecule has 0 fully saturated rings. The minimum Gasteiger partial charge on any atom is -0.348 e. The van der Waals surface area contributed by atoms with Crippen LogP contribution in [0.3, 0.4) is 0 Å². The molecular formula is C18H22O5S. The molecule has 0 N–H and O–H groups in total. The highest BCUT2D eigenvalue weighted by molar-refractivity contribution is 7.85. The van der Waals surface area contributed by atoms with Gasteiger partial charge in [-0.25, -0.2) is 4.18 Å². The van der Waals surface area contributed by atoms with Crippen LogP contribution in [-0.2, 0) is 36.1 Å². The van der Waals surface area contributed by atoms with Crippen molar-refractivity contribution in [2.75, 3.05) is 0 Å². The summed E-state index contributed by atoms with van der Waals surface area (Å²) in [5, 5.41) is 0. The van der Waals surface area contributed by atoms with E-state index in [-0.39, 0.29) is 5.75 Å². The normalized spacial score (nSPS) is 14.2. The highest BCUT2D eigenvalue weighted by Gasteiger charge is 2.19. The standard InChI is InChI=1S/C18H22O5S/c1-15(21-13-17-9-5-3-6-10-17)22-16(2)23-24(19,20)14-18-11-7-4-8-12-18/h3-12,15-16H,13-14H2,1-2H3. The molecule has 0 amide bonds. The van der Waals surface area contributed by atoms with Crippen LogP contribution in [0.1, 0.15) is 25.0 Å². The van der Waals surface area contributed by atoms with Crippen LogP contribution in [0.25, 0.3) is 0 Å². The summed E-state index contributed by atoms with van der Waals surface area (Å²) in [5.74, 6) is -0.194. The van der Waals surface area contributed by atoms with E-state index in [0.29, 0.717) is 12.2 Å². The van der Waals surface area contributed by atoms with Gasteiger partial charge in [0.1, 0.15) is 5.75 Å². The first kappa shape index (κ1) is 18.6. The van der Waals surface area contributed by atoms with Gasteiger partial charge in [0.05, 0.1) is 6.61 Å². The zero-order valence-corrected chi connectivity index (χ0v) is 14.6. The number of rotatable bonds is 9. The highest BCUT2D eigenvalue weighted by Crippen LogP contribution is 2.12. The Hall–Kier alpha value is -1.73. The average molecular weight is 350 g/mol. The molecule has 0 aliphatic heterocycles. The maximum absolute atomic E-state index is 12.0. The van der Waals surface area contributed by atoms with Crippen LogP contribution in [0.5, 0.6) is 0 Å². The first-order valence-electron chi connectivity index (χ1n) is 7.70. The maximum Gasteiger partial charge on any atom is 0.274 e. The molecule has 0 saturated carbocycles. The zero-order valence-electron chi connectivity index (χ0n) is 13.8. The molecule has 0 radical (unpaired) electrons. The third kappa shape index (κ3) is 6.80. The lowest BCUT2D eigenvalue weighted by Crippen LogP contribution is -2.25. The number of ether oxygens (including phenoxy) is 2. The Morgan fingerprint density at radius 3 is 1.96 bits per heavy atom. The summed E-state index contributed by atoms with van der Waals surface area (Å²) < 4.78 is 40.0. The smallest absolute Gasteiger partial charge is 0.274 e. The second-order valence-electron chi connectivity index (χ2n) is 5.35. The Bertz CT molecular complexity index is 701. The lowest BCUT2D eigenvalue weighted by Gasteiger charge is -2.19. The minimum atomic E-state index is -3.73. The number of benzene rings is 2. The fraction of sp³-hybridized carbons (Fsp3) is 0.333. The molecular weight excluding hydrogens is 328 g/mol. The SMILES string of the molecule is CC(OCc1ccccc1)OC(C)OS(=O)(=O)Cc1ccccc1. The van der Waals surface area contributed by atoms with E-state index >= 15 is 0 Å². The summed E-state index contributed by atoms with van der Waals surface area (Å²) in [4.78, 5) is 0. The first-order chi connectivity index (χ1) is 11.4. The molecule has 2 rings (SSSR count). The van der Waals surface area contributed by atoms with Gasteiger partial charge in [-0.3, -0.25) is 0 Å². The van der Waals surface area contributed by atoms with Crippen LogP contribution in [0.2, 0.25) is 0 Å². The molecule has 24 heavy (non-hydrogen) atoms. The second kappa shape index (κ2) is 8.94. The van der Waals surface area contributed by atoms with E-state index in [4.69, 9.17) is 13.7 Å². The Morgan fingerprint density at radius 2 is 1.38 bits per heavy atom. The summed E-state index contributed by atoms with van der Waals surface area (Å²) in [6, 6.07) is 18.5. The van der Waals surface area contributed by atoms with Crippen molar-refractivity contribution in [3.8, 4) is 0 Å². The molecule has 0 spiro atoms. The van der Waals surface area contributed by atoms with Crippen molar-refractivity contribution in [2.24, 2.45) is 0 Å². The van der Waals surface area contributed by atoms with Crippen LogP contribution >= 0.6 is 0 Å². The van der Waals surface area contributed by atoms with Gasteiger partial charge < -0.3 is 9.47 Å². The van der Waals surface area contributed by atoms with E-state index in [1.807, 2.05) is 36.4 Å². The lowest BCUT2D eigenvalue weighted by atomic mass is 10.2. The number of hydrogen-bond acceptors (Lipinski definition) is 5. The van der Waals surface area contributed by atoms with Crippen LogP contribution in [0, 0.1) is 0 Å². The number of hydrogen-bond donors (Lipinski definition) is 0. The molecule has 0 aliphatic rings. The third-order valence-electron chi connectivity index (χ3n) is 3.18. The van der Waals surface area contributed by atoms with E-state index in [9.17, 15) is 8.42 Å². The van der Waals surface area contributed by atoms with Gasteiger partial charge in [-0.1, -0.05) is 60.7 Å². The van der Waals surface area contributed by atoms with Gasteiger partial charge in [-0.15, -0.1) is 0 Å². The molecule has 0 saturated heterocycles. The van der Waals surface area contributed by atoms with E-state index in [0.717, 1.165) is 5.56 Å². The third-order valence-corrected chi connectivity index (χ3v) is 4.43. The van der Waals surface area contributed by atoms with E-state index in [1.165, 1.54) is 6.92 Å². The summed E-state index contributed by atoms with van der Waals surface area (Å²) >= 11 is 0. The molecule has 0 aromatic heterocycles. The van der Waals surface area contributed by atoms with Gasteiger partial charge in [0.2, 0.25) is 0 Å². The Kier molecular flexibility index (Phi) is 6.93. The van der Waals surface area contributed by atoms with Gasteiger partial charge >= 0.3 is 0 Å². The zero-order chi connectivity index (χ0) is 17.4. The summed E-state index contributed by atoms with van der Waals surface area (Å²) in [5.41, 5.74) is 1.68. The minimum absolute atomic E-state index is 0.194. The van der Waals surface area contributed by atoms with Crippen molar-refractivity contribution in [1.29, 1.82) is 0 Å². The predicted octanol–water partition coefficient (Wildman–Crippen LogP) is 3.46. The molecule has 5 nitrogen and oxygen atoms in total. The molecule has 6 heteroatoms. The molecule has 130 valence electrons. The first-order valence-corrected chi connectivity index (χ1v) is 9.28. The van der Waals surface area contributed by atoms with Crippen molar-refractivity contribution in [2.45, 2.75) is 38.8 Å². The van der Waals surface area contributed by atoms with Crippen molar-refractivity contribution in [3.05, 3.63) is 71.8 Å². The fourth-order valence-electron chi connectivity index (χ4n) is 2.14. The van der Waals surface area contributed by atoms with Gasteiger partial charge in [0, 0.05) is 0 Å². The molecule has 0 heterocycles. The fourth-order valence-corrected chi connectivity index (χ4v) is 3.27. The van der Waals surface area contributed by atoms with E-state index < -0.39 is 22.7 Å². The molecule has 2 aromatic carbocycles. The summed E-state index contributed by atoms with van der Waals surface area (Å²) in [6.45, 7) is 3.61. The predicted molar refractivity (Wildman–Crippen MR) is 91.4 cm³/mol. The second-order valence-corrected chi connectivity index (χ2v) is 6.95. The molecule has 0 aliphatic carbocycles. The molecule has 2 atom stereocenters. The van der Waals surface area contributed by atoms with E-state index in [1.54, 1.807) is 31.2 Å². The van der Waals surface area contributed by atoms with Crippen molar-refractivity contribution in [3.63, 3.8) is 0 Å². The van der Waals surface area contributed by atoms with Crippen molar-refractivity contribution >= 4 is 10.1 Å². The van der Waals surface area contributed by atoms with Crippen LogP contribution in [-0.4, -0.2) is 21.0 Å². The van der Waals surface area contributed by atoms with Crippen LogP contribution in [0.15, 0.2) is 60.7 Å². The quantitative estimate of drug-likeness (QED) is 0.512. The molecule has 2 aromatic rings. The van der Waals surface area contributed by atoms with Gasteiger partial charge in [0.25, 0.3) is 10.1 Å². The monoisotopic (exact) mass is 350 g/mol. The van der Waals surface area contributed by atoms with Crippen molar-refractivity contribution < 1.29 is 22.1 Å². The van der Waals surface area contributed by atoms with Crippen LogP contribution in [0.4, 0.5) is 0 Å². The summed E-state index contributed by atoms with van der Waals surface area (Å²) in [6.07, 6.45) is -1.52. The molecule has 2 unspecified atom stereocenters. The average Bonchev–Trinajstić information content (AvgIpc) is 2.53.